The highest BCUT2D eigenvalue weighted by atomic mass is 32.1. The smallest absolute Gasteiger partial charge is 0.274 e. The molecule has 3 aromatic rings. The van der Waals surface area contributed by atoms with Gasteiger partial charge in [0, 0.05) is 44.0 Å². The predicted molar refractivity (Wildman–Crippen MR) is 143 cm³/mol. The van der Waals surface area contributed by atoms with Crippen molar-refractivity contribution in [1.29, 1.82) is 5.41 Å². The van der Waals surface area contributed by atoms with Crippen LogP contribution in [-0.4, -0.2) is 75.2 Å². The number of imidazole rings is 1. The maximum Gasteiger partial charge on any atom is 0.274 e. The first-order valence-electron chi connectivity index (χ1n) is 12.3. The van der Waals surface area contributed by atoms with E-state index in [1.807, 2.05) is 24.4 Å². The summed E-state index contributed by atoms with van der Waals surface area (Å²) in [5.41, 5.74) is 12.7. The van der Waals surface area contributed by atoms with Gasteiger partial charge in [0.1, 0.15) is 28.1 Å². The fourth-order valence-corrected chi connectivity index (χ4v) is 5.35. The van der Waals surface area contributed by atoms with Gasteiger partial charge in [-0.3, -0.25) is 19.8 Å². The van der Waals surface area contributed by atoms with Crippen molar-refractivity contribution in [3.05, 3.63) is 52.4 Å². The second-order valence-corrected chi connectivity index (χ2v) is 10.00. The van der Waals surface area contributed by atoms with E-state index in [-0.39, 0.29) is 35.6 Å². The number of carbonyl (C=O) groups excluding carboxylic acids is 3. The Labute approximate surface area is 223 Å². The van der Waals surface area contributed by atoms with Gasteiger partial charge in [0.05, 0.1) is 6.04 Å². The van der Waals surface area contributed by atoms with Crippen molar-refractivity contribution < 1.29 is 14.4 Å². The summed E-state index contributed by atoms with van der Waals surface area (Å²) in [6.45, 7) is 0.864. The molecule has 8 N–H and O–H groups in total. The van der Waals surface area contributed by atoms with Crippen LogP contribution >= 0.6 is 11.3 Å². The van der Waals surface area contributed by atoms with E-state index in [9.17, 15) is 14.4 Å². The predicted octanol–water partition coefficient (Wildman–Crippen LogP) is 0.203. The Bertz CT molecular complexity index is 1290. The normalized spacial score (nSPS) is 17.8. The van der Waals surface area contributed by atoms with Crippen LogP contribution in [0.25, 0.3) is 5.65 Å². The zero-order valence-electron chi connectivity index (χ0n) is 21.0. The fraction of sp³-hybridized carbons (Fsp3) is 0.417. The van der Waals surface area contributed by atoms with Gasteiger partial charge in [0.2, 0.25) is 5.91 Å². The zero-order chi connectivity index (χ0) is 27.2. The molecule has 1 saturated heterocycles. The number of pyridine rings is 1. The molecular weight excluding hydrogens is 508 g/mol. The first-order chi connectivity index (χ1) is 18.3. The largest absolute Gasteiger partial charge is 0.370 e. The summed E-state index contributed by atoms with van der Waals surface area (Å²) in [4.78, 5) is 49.3. The molecule has 1 fully saturated rings. The van der Waals surface area contributed by atoms with Crippen molar-refractivity contribution in [2.75, 3.05) is 20.1 Å². The molecule has 0 radical (unpaired) electrons. The molecule has 0 aromatic carbocycles. The molecule has 14 heteroatoms. The van der Waals surface area contributed by atoms with Crippen LogP contribution in [0.5, 0.6) is 0 Å². The number of hydrogen-bond donors (Lipinski definition) is 6. The minimum atomic E-state index is -0.733. The maximum absolute atomic E-state index is 13.3. The average Bonchev–Trinajstić information content (AvgIpc) is 3.64. The monoisotopic (exact) mass is 540 g/mol. The van der Waals surface area contributed by atoms with E-state index >= 15 is 0 Å². The maximum atomic E-state index is 13.3. The third kappa shape index (κ3) is 6.26. The van der Waals surface area contributed by atoms with E-state index < -0.39 is 11.9 Å². The van der Waals surface area contributed by atoms with Crippen molar-refractivity contribution in [3.63, 3.8) is 0 Å². The summed E-state index contributed by atoms with van der Waals surface area (Å²) in [5, 5.41) is 17.5. The number of amides is 3. The van der Waals surface area contributed by atoms with Crippen LogP contribution in [0, 0.1) is 5.41 Å². The van der Waals surface area contributed by atoms with Gasteiger partial charge in [0.15, 0.2) is 5.96 Å². The van der Waals surface area contributed by atoms with Crippen LogP contribution in [0.1, 0.15) is 57.7 Å². The standard InChI is InChI=1S/C24H32N10O3S/c1-28-20(35)15(6-2-4-8-29-24(26)27)31-21(36)17-13-38-22(32-17)18-10-14(25)11-34(18)23(37)16-12-33-9-5-3-7-19(33)30-16/h3,5,7,9,12-15,18H,2,4,6,8,10-11,25H2,1H3,(H,28,35)(H,31,36)(H4,26,27,29)/t14-,15?,18+/m1/s1. The van der Waals surface area contributed by atoms with Gasteiger partial charge < -0.3 is 36.7 Å². The Morgan fingerprint density at radius 2 is 2.05 bits per heavy atom. The van der Waals surface area contributed by atoms with E-state index in [1.54, 1.807) is 20.9 Å². The molecule has 3 amide bonds. The molecular formula is C24H32N10O3S. The Morgan fingerprint density at radius 1 is 1.24 bits per heavy atom. The van der Waals surface area contributed by atoms with Crippen molar-refractivity contribution in [3.8, 4) is 0 Å². The molecule has 4 heterocycles. The number of nitrogens with one attached hydrogen (secondary N) is 4. The summed E-state index contributed by atoms with van der Waals surface area (Å²) >= 11 is 1.28. The van der Waals surface area contributed by atoms with Gasteiger partial charge in [-0.15, -0.1) is 11.3 Å². The first-order valence-corrected chi connectivity index (χ1v) is 13.2. The molecule has 0 bridgehead atoms. The molecule has 38 heavy (non-hydrogen) atoms. The number of unbranched alkanes of at least 4 members (excludes halogenated alkanes) is 1. The third-order valence-corrected chi connectivity index (χ3v) is 7.27. The molecule has 0 aliphatic carbocycles. The molecule has 202 valence electrons. The van der Waals surface area contributed by atoms with Gasteiger partial charge in [-0.2, -0.15) is 0 Å². The Kier molecular flexibility index (Phi) is 8.53. The number of rotatable bonds is 10. The number of likely N-dealkylation sites (tertiary alicyclic amines) is 1. The number of guanidine groups is 1. The van der Waals surface area contributed by atoms with E-state index in [0.717, 1.165) is 0 Å². The second kappa shape index (κ2) is 12.0. The number of fused-ring (bicyclic) bond motifs is 1. The molecule has 0 saturated carbocycles. The van der Waals surface area contributed by atoms with Crippen molar-refractivity contribution in [2.45, 2.75) is 43.8 Å². The van der Waals surface area contributed by atoms with Gasteiger partial charge in [0.25, 0.3) is 11.8 Å². The lowest BCUT2D eigenvalue weighted by atomic mass is 10.1. The highest BCUT2D eigenvalue weighted by molar-refractivity contribution is 7.09. The summed E-state index contributed by atoms with van der Waals surface area (Å²) in [5.74, 6) is -1.13. The van der Waals surface area contributed by atoms with Crippen LogP contribution in [0.2, 0.25) is 0 Å². The Hall–Kier alpha value is -4.04. The van der Waals surface area contributed by atoms with Crippen LogP contribution in [0.4, 0.5) is 0 Å². The summed E-state index contributed by atoms with van der Waals surface area (Å²) in [6, 6.07) is 4.20. The number of nitrogens with two attached hydrogens (primary N) is 2. The van der Waals surface area contributed by atoms with Crippen LogP contribution in [-0.2, 0) is 4.79 Å². The number of thiazole rings is 1. The van der Waals surface area contributed by atoms with Gasteiger partial charge >= 0.3 is 0 Å². The minimum absolute atomic E-state index is 0.109. The molecule has 1 unspecified atom stereocenters. The lowest BCUT2D eigenvalue weighted by Gasteiger charge is -2.22. The molecule has 0 spiro atoms. The van der Waals surface area contributed by atoms with Crippen molar-refractivity contribution >= 4 is 40.7 Å². The molecule has 4 rings (SSSR count). The molecule has 3 atom stereocenters. The van der Waals surface area contributed by atoms with Crippen molar-refractivity contribution in [2.24, 2.45) is 11.5 Å². The topological polar surface area (TPSA) is 197 Å². The van der Waals surface area contributed by atoms with Crippen molar-refractivity contribution in [1.82, 2.24) is 35.2 Å². The van der Waals surface area contributed by atoms with Gasteiger partial charge in [-0.05, 0) is 37.8 Å². The second-order valence-electron chi connectivity index (χ2n) is 9.11. The molecule has 1 aliphatic heterocycles. The lowest BCUT2D eigenvalue weighted by Crippen LogP contribution is -2.45. The van der Waals surface area contributed by atoms with E-state index in [2.05, 4.69) is 25.9 Å². The Balaban J connectivity index is 1.43. The number of aromatic nitrogens is 3. The van der Waals surface area contributed by atoms with Crippen LogP contribution in [0.3, 0.4) is 0 Å². The van der Waals surface area contributed by atoms with Crippen LogP contribution < -0.4 is 27.4 Å². The summed E-state index contributed by atoms with van der Waals surface area (Å²) < 4.78 is 1.78. The number of carbonyl (C=O) groups is 3. The highest BCUT2D eigenvalue weighted by Crippen LogP contribution is 2.34. The van der Waals surface area contributed by atoms with E-state index in [4.69, 9.17) is 16.9 Å². The summed E-state index contributed by atoms with van der Waals surface area (Å²) in [6.07, 6.45) is 5.77. The third-order valence-electron chi connectivity index (χ3n) is 6.32. The lowest BCUT2D eigenvalue weighted by molar-refractivity contribution is -0.122. The van der Waals surface area contributed by atoms with Gasteiger partial charge in [-0.1, -0.05) is 6.07 Å². The molecule has 1 aliphatic rings. The summed E-state index contributed by atoms with van der Waals surface area (Å²) in [7, 11) is 1.51. The average molecular weight is 541 g/mol. The van der Waals surface area contributed by atoms with E-state index in [0.29, 0.717) is 55.1 Å². The zero-order valence-corrected chi connectivity index (χ0v) is 21.8. The Morgan fingerprint density at radius 3 is 2.79 bits per heavy atom. The molecule has 13 nitrogen and oxygen atoms in total. The van der Waals surface area contributed by atoms with E-state index in [1.165, 1.54) is 18.4 Å². The number of nitrogens with zero attached hydrogens (tertiary/aromatic N) is 4. The number of hydrogen-bond acceptors (Lipinski definition) is 8. The fourth-order valence-electron chi connectivity index (χ4n) is 4.43. The van der Waals surface area contributed by atoms with Gasteiger partial charge in [-0.25, -0.2) is 9.97 Å². The quantitative estimate of drug-likeness (QED) is 0.119. The highest BCUT2D eigenvalue weighted by Gasteiger charge is 2.38. The van der Waals surface area contributed by atoms with Crippen LogP contribution in [0.15, 0.2) is 36.0 Å². The molecule has 3 aromatic heterocycles. The number of likely N-dealkylation sites (N-methyl/N-ethyl adjacent to an activating group) is 1. The first kappa shape index (κ1) is 27.0. The minimum Gasteiger partial charge on any atom is -0.370 e. The SMILES string of the molecule is CNC(=O)C(CCCCNC(=N)N)NC(=O)c1csc([C@@H]2C[C@@H](N)CN2C(=O)c2cn3ccccc3n2)n1.